The number of nitrogens with one attached hydrogen (secondary N) is 2. The van der Waals surface area contributed by atoms with Crippen molar-refractivity contribution < 1.29 is 4.79 Å². The Morgan fingerprint density at radius 2 is 1.82 bits per heavy atom. The molecule has 0 aliphatic carbocycles. The van der Waals surface area contributed by atoms with Gasteiger partial charge in [0, 0.05) is 13.5 Å². The number of aromatic nitrogens is 2. The van der Waals surface area contributed by atoms with Crippen molar-refractivity contribution in [2.24, 2.45) is 7.05 Å². The van der Waals surface area contributed by atoms with Crippen LogP contribution < -0.4 is 16.2 Å². The van der Waals surface area contributed by atoms with Crippen LogP contribution in [0.3, 0.4) is 0 Å². The van der Waals surface area contributed by atoms with Gasteiger partial charge < -0.3 is 10.6 Å². The normalized spacial score (nSPS) is 12.6. The summed E-state index contributed by atoms with van der Waals surface area (Å²) in [5, 5.41) is 5.61. The predicted molar refractivity (Wildman–Crippen MR) is 116 cm³/mol. The van der Waals surface area contributed by atoms with E-state index in [4.69, 9.17) is 34.8 Å². The largest absolute Gasteiger partial charge is 0.356 e. The first kappa shape index (κ1) is 22.7. The smallest absolute Gasteiger partial charge is 0.295 e. The van der Waals surface area contributed by atoms with Gasteiger partial charge in [0.2, 0.25) is 9.70 Å². The fraction of sp³-hybridized carbons (Fsp3) is 0.474. The van der Waals surface area contributed by atoms with Crippen LogP contribution in [0.15, 0.2) is 35.1 Å². The van der Waals surface area contributed by atoms with Gasteiger partial charge in [-0.3, -0.25) is 14.3 Å². The fourth-order valence-electron chi connectivity index (χ4n) is 2.85. The van der Waals surface area contributed by atoms with E-state index in [0.29, 0.717) is 17.8 Å². The molecule has 0 saturated heterocycles. The van der Waals surface area contributed by atoms with Crippen LogP contribution in [-0.4, -0.2) is 25.2 Å². The fourth-order valence-corrected chi connectivity index (χ4v) is 3.17. The summed E-state index contributed by atoms with van der Waals surface area (Å²) in [6, 6.07) is 9.21. The van der Waals surface area contributed by atoms with Gasteiger partial charge in [-0.05, 0) is 25.5 Å². The predicted octanol–water partition coefficient (Wildman–Crippen LogP) is 4.29. The van der Waals surface area contributed by atoms with Crippen LogP contribution in [0, 0.1) is 6.92 Å². The second-order valence-corrected chi connectivity index (χ2v) is 8.95. The zero-order valence-electron chi connectivity index (χ0n) is 16.1. The number of alkyl halides is 3. The lowest BCUT2D eigenvalue weighted by Gasteiger charge is -2.27. The summed E-state index contributed by atoms with van der Waals surface area (Å²) in [5.74, 6) is -0.241. The molecule has 28 heavy (non-hydrogen) atoms. The summed E-state index contributed by atoms with van der Waals surface area (Å²) in [6.07, 6.45) is 1.97. The van der Waals surface area contributed by atoms with Crippen LogP contribution in [0.2, 0.25) is 0 Å². The summed E-state index contributed by atoms with van der Waals surface area (Å²) >= 11 is 18.2. The van der Waals surface area contributed by atoms with Crippen molar-refractivity contribution in [2.75, 3.05) is 5.32 Å². The Kier molecular flexibility index (Phi) is 7.87. The van der Waals surface area contributed by atoms with Gasteiger partial charge in [-0.25, -0.2) is 4.68 Å². The van der Waals surface area contributed by atoms with Crippen molar-refractivity contribution in [2.45, 2.75) is 49.5 Å². The van der Waals surface area contributed by atoms with Gasteiger partial charge in [-0.15, -0.1) is 0 Å². The Hall–Kier alpha value is -1.63. The minimum Gasteiger partial charge on any atom is -0.356 e. The molecule has 0 unspecified atom stereocenters. The first-order valence-electron chi connectivity index (χ1n) is 9.13. The van der Waals surface area contributed by atoms with Gasteiger partial charge in [0.05, 0.1) is 11.4 Å². The minimum atomic E-state index is -1.84. The second-order valence-electron chi connectivity index (χ2n) is 6.58. The highest BCUT2D eigenvalue weighted by molar-refractivity contribution is 6.68. The molecule has 154 valence electrons. The zero-order valence-corrected chi connectivity index (χ0v) is 18.4. The van der Waals surface area contributed by atoms with Crippen LogP contribution in [0.4, 0.5) is 5.69 Å². The molecule has 0 bridgehead atoms. The molecule has 0 saturated carbocycles. The maximum Gasteiger partial charge on any atom is 0.295 e. The zero-order chi connectivity index (χ0) is 20.9. The van der Waals surface area contributed by atoms with Crippen LogP contribution >= 0.6 is 34.8 Å². The lowest BCUT2D eigenvalue weighted by atomic mass is 10.2. The molecule has 1 amide bonds. The van der Waals surface area contributed by atoms with Crippen molar-refractivity contribution in [1.82, 2.24) is 14.7 Å². The van der Waals surface area contributed by atoms with Gasteiger partial charge >= 0.3 is 0 Å². The van der Waals surface area contributed by atoms with Crippen molar-refractivity contribution >= 4 is 46.4 Å². The number of unbranched alkanes of at least 4 members (excludes halogenated alkanes) is 2. The number of carbonyl (C=O) groups excluding carboxylic acids is 1. The molecule has 0 spiro atoms. The molecule has 6 nitrogen and oxygen atoms in total. The third-order valence-electron chi connectivity index (χ3n) is 4.48. The number of amides is 1. The molecular weight excluding hydrogens is 423 g/mol. The van der Waals surface area contributed by atoms with Crippen molar-refractivity contribution in [3.8, 4) is 5.69 Å². The van der Waals surface area contributed by atoms with Crippen molar-refractivity contribution in [3.63, 3.8) is 0 Å². The Morgan fingerprint density at radius 1 is 1.18 bits per heavy atom. The van der Waals surface area contributed by atoms with Crippen molar-refractivity contribution in [1.29, 1.82) is 0 Å². The van der Waals surface area contributed by atoms with Gasteiger partial charge in [0.15, 0.2) is 0 Å². The van der Waals surface area contributed by atoms with E-state index in [-0.39, 0.29) is 17.2 Å². The monoisotopic (exact) mass is 446 g/mol. The molecule has 0 aliphatic heterocycles. The molecule has 0 fully saturated rings. The molecule has 0 aliphatic rings. The molecule has 1 aromatic carbocycles. The number of hydrogen-bond donors (Lipinski definition) is 2. The number of anilines is 1. The van der Waals surface area contributed by atoms with E-state index in [0.717, 1.165) is 19.3 Å². The van der Waals surface area contributed by atoms with E-state index < -0.39 is 9.96 Å². The van der Waals surface area contributed by atoms with E-state index in [2.05, 4.69) is 17.6 Å². The van der Waals surface area contributed by atoms with E-state index in [1.54, 1.807) is 18.7 Å². The maximum absolute atomic E-state index is 13.0. The quantitative estimate of drug-likeness (QED) is 0.360. The topological polar surface area (TPSA) is 68.1 Å². The third-order valence-corrected chi connectivity index (χ3v) is 5.14. The molecule has 1 heterocycles. The van der Waals surface area contributed by atoms with E-state index in [1.165, 1.54) is 4.68 Å². The number of nitrogens with zero attached hydrogens (tertiary/aromatic N) is 2. The van der Waals surface area contributed by atoms with E-state index in [1.807, 2.05) is 30.3 Å². The van der Waals surface area contributed by atoms with Crippen LogP contribution in [0.25, 0.3) is 5.69 Å². The Morgan fingerprint density at radius 3 is 2.39 bits per heavy atom. The number of rotatable bonds is 8. The average molecular weight is 448 g/mol. The third kappa shape index (κ3) is 5.46. The average Bonchev–Trinajstić information content (AvgIpc) is 2.84. The lowest BCUT2D eigenvalue weighted by molar-refractivity contribution is -0.121. The molecule has 9 heteroatoms. The summed E-state index contributed by atoms with van der Waals surface area (Å²) in [5.41, 5.74) is 1.32. The van der Waals surface area contributed by atoms with Gasteiger partial charge in [-0.2, -0.15) is 0 Å². The number of para-hydroxylation sites is 1. The summed E-state index contributed by atoms with van der Waals surface area (Å²) in [6.45, 7) is 3.83. The molecule has 2 aromatic rings. The second kappa shape index (κ2) is 9.72. The molecule has 2 N–H and O–H groups in total. The molecule has 1 aromatic heterocycles. The first-order valence-corrected chi connectivity index (χ1v) is 10.3. The highest BCUT2D eigenvalue weighted by Gasteiger charge is 2.35. The molecule has 0 radical (unpaired) electrons. The van der Waals surface area contributed by atoms with E-state index in [9.17, 15) is 9.59 Å². The first-order chi connectivity index (χ1) is 13.2. The van der Waals surface area contributed by atoms with Gasteiger partial charge in [0.25, 0.3) is 5.56 Å². The summed E-state index contributed by atoms with van der Waals surface area (Å²) in [7, 11) is 1.77. The van der Waals surface area contributed by atoms with Crippen molar-refractivity contribution in [3.05, 3.63) is 46.4 Å². The number of benzene rings is 1. The molecule has 1 atom stereocenters. The maximum atomic E-state index is 13.0. The van der Waals surface area contributed by atoms with Gasteiger partial charge in [-0.1, -0.05) is 72.8 Å². The minimum absolute atomic E-state index is 0.241. The standard InChI is InChI=1S/C19H25Cl3N4O2/c1-4-5-7-12-15(27)23-18(19(20,21)22)24-16-13(2)25(3)26(17(16)28)14-10-8-6-9-11-14/h6,8-11,18,24H,4-5,7,12H2,1-3H3,(H,23,27)/t18-/m0/s1. The highest BCUT2D eigenvalue weighted by atomic mass is 35.6. The molecule has 2 rings (SSSR count). The Balaban J connectivity index is 2.30. The SMILES string of the molecule is CCCCCC(=O)N[C@@H](Nc1c(C)n(C)n(-c2ccccc2)c1=O)C(Cl)(Cl)Cl. The van der Waals surface area contributed by atoms with Gasteiger partial charge in [0.1, 0.15) is 11.9 Å². The van der Waals surface area contributed by atoms with Crippen LogP contribution in [0.1, 0.15) is 38.3 Å². The summed E-state index contributed by atoms with van der Waals surface area (Å²) < 4.78 is 1.38. The Labute approximate surface area is 179 Å². The Bertz CT molecular complexity index is 857. The van der Waals surface area contributed by atoms with Crippen LogP contribution in [-0.2, 0) is 11.8 Å². The molecular formula is C19H25Cl3N4O2. The number of carbonyl (C=O) groups is 1. The highest BCUT2D eigenvalue weighted by Crippen LogP contribution is 2.31. The summed E-state index contributed by atoms with van der Waals surface area (Å²) in [4.78, 5) is 25.2. The number of hydrogen-bond acceptors (Lipinski definition) is 3. The van der Waals surface area contributed by atoms with E-state index >= 15 is 0 Å². The number of halogens is 3. The van der Waals surface area contributed by atoms with Crippen LogP contribution in [0.5, 0.6) is 0 Å². The lowest BCUT2D eigenvalue weighted by Crippen LogP contribution is -2.49.